The normalized spacial score (nSPS) is 15.1. The maximum absolute atomic E-state index is 11.6. The molecule has 0 radical (unpaired) electrons. The van der Waals surface area contributed by atoms with Crippen molar-refractivity contribution < 1.29 is 14.3 Å². The van der Waals surface area contributed by atoms with Gasteiger partial charge in [0.15, 0.2) is 11.5 Å². The molecule has 1 aromatic rings. The van der Waals surface area contributed by atoms with Crippen LogP contribution in [-0.4, -0.2) is 19.1 Å². The molecule has 1 heterocycles. The lowest BCUT2D eigenvalue weighted by molar-refractivity contribution is -0.117. The molecule has 1 aliphatic heterocycles. The molecule has 5 heteroatoms. The van der Waals surface area contributed by atoms with Crippen molar-refractivity contribution in [2.45, 2.75) is 13.3 Å². The fourth-order valence-corrected chi connectivity index (χ4v) is 1.55. The Labute approximate surface area is 105 Å². The third-order valence-electron chi connectivity index (χ3n) is 2.60. The quantitative estimate of drug-likeness (QED) is 0.865. The highest BCUT2D eigenvalue weighted by atomic mass is 16.5. The van der Waals surface area contributed by atoms with Gasteiger partial charge < -0.3 is 14.8 Å². The van der Waals surface area contributed by atoms with E-state index in [0.29, 0.717) is 30.4 Å². The summed E-state index contributed by atoms with van der Waals surface area (Å²) in [6.07, 6.45) is 0.835. The molecule has 18 heavy (non-hydrogen) atoms. The summed E-state index contributed by atoms with van der Waals surface area (Å²) in [7, 11) is 0. The lowest BCUT2D eigenvalue weighted by atomic mass is 10.2. The van der Waals surface area contributed by atoms with Crippen molar-refractivity contribution >= 4 is 11.6 Å². The van der Waals surface area contributed by atoms with Gasteiger partial charge in [-0.25, -0.2) is 0 Å². The second-order valence-electron chi connectivity index (χ2n) is 4.05. The summed E-state index contributed by atoms with van der Waals surface area (Å²) in [4.78, 5) is 11.6. The predicted octanol–water partition coefficient (Wildman–Crippen LogP) is 1.95. The van der Waals surface area contributed by atoms with Crippen molar-refractivity contribution in [2.24, 2.45) is 5.92 Å². The first kappa shape index (κ1) is 12.2. The molecule has 1 amide bonds. The van der Waals surface area contributed by atoms with Gasteiger partial charge >= 0.3 is 0 Å². The number of ether oxygens (including phenoxy) is 2. The molecule has 1 unspecified atom stereocenters. The highest BCUT2D eigenvalue weighted by molar-refractivity contribution is 5.94. The van der Waals surface area contributed by atoms with E-state index < -0.39 is 5.92 Å². The lowest BCUT2D eigenvalue weighted by Crippen LogP contribution is -2.18. The Morgan fingerprint density at radius 3 is 2.83 bits per heavy atom. The molecule has 1 N–H and O–H groups in total. The van der Waals surface area contributed by atoms with Crippen molar-refractivity contribution in [2.75, 3.05) is 18.5 Å². The summed E-state index contributed by atoms with van der Waals surface area (Å²) in [6.45, 7) is 2.78. The monoisotopic (exact) mass is 246 g/mol. The Kier molecular flexibility index (Phi) is 3.68. The topological polar surface area (TPSA) is 71.4 Å². The van der Waals surface area contributed by atoms with E-state index in [1.807, 2.05) is 6.07 Å². The van der Waals surface area contributed by atoms with Crippen LogP contribution in [0.3, 0.4) is 0 Å². The van der Waals surface area contributed by atoms with Crippen LogP contribution in [0.4, 0.5) is 5.69 Å². The minimum absolute atomic E-state index is 0.327. The zero-order chi connectivity index (χ0) is 13.0. The van der Waals surface area contributed by atoms with Gasteiger partial charge in [0, 0.05) is 18.2 Å². The Balaban J connectivity index is 2.14. The van der Waals surface area contributed by atoms with Crippen LogP contribution in [0, 0.1) is 17.2 Å². The SMILES string of the molecule is CC(C#N)C(=O)Nc1ccc2c(c1)OCCCO2. The second kappa shape index (κ2) is 5.41. The molecule has 1 aromatic carbocycles. The van der Waals surface area contributed by atoms with Crippen LogP contribution in [0.15, 0.2) is 18.2 Å². The molecule has 0 spiro atoms. The van der Waals surface area contributed by atoms with Crippen LogP contribution in [0.25, 0.3) is 0 Å². The molecule has 0 bridgehead atoms. The van der Waals surface area contributed by atoms with Gasteiger partial charge in [0.05, 0.1) is 19.3 Å². The number of benzene rings is 1. The number of nitrogens with zero attached hydrogens (tertiary/aromatic N) is 1. The van der Waals surface area contributed by atoms with Crippen LogP contribution >= 0.6 is 0 Å². The molecule has 0 aromatic heterocycles. The second-order valence-corrected chi connectivity index (χ2v) is 4.05. The molecule has 0 aliphatic carbocycles. The number of rotatable bonds is 2. The van der Waals surface area contributed by atoms with E-state index in [9.17, 15) is 4.79 Å². The highest BCUT2D eigenvalue weighted by Gasteiger charge is 2.14. The number of fused-ring (bicyclic) bond motifs is 1. The number of nitrogens with one attached hydrogen (secondary N) is 1. The summed E-state index contributed by atoms with van der Waals surface area (Å²) in [5, 5.41) is 11.3. The largest absolute Gasteiger partial charge is 0.490 e. The van der Waals surface area contributed by atoms with Crippen LogP contribution in [0.1, 0.15) is 13.3 Å². The van der Waals surface area contributed by atoms with E-state index in [1.165, 1.54) is 0 Å². The van der Waals surface area contributed by atoms with Crippen LogP contribution in [0.2, 0.25) is 0 Å². The van der Waals surface area contributed by atoms with E-state index in [2.05, 4.69) is 5.32 Å². The lowest BCUT2D eigenvalue weighted by Gasteiger charge is -2.10. The molecule has 0 saturated heterocycles. The van der Waals surface area contributed by atoms with E-state index in [4.69, 9.17) is 14.7 Å². The van der Waals surface area contributed by atoms with Crippen molar-refractivity contribution in [1.82, 2.24) is 0 Å². The van der Waals surface area contributed by atoms with E-state index in [0.717, 1.165) is 6.42 Å². The Morgan fingerprint density at radius 1 is 1.39 bits per heavy atom. The number of hydrogen-bond acceptors (Lipinski definition) is 4. The maximum Gasteiger partial charge on any atom is 0.241 e. The summed E-state index contributed by atoms with van der Waals surface area (Å²) in [5.41, 5.74) is 0.603. The van der Waals surface area contributed by atoms with Crippen molar-refractivity contribution in [1.29, 1.82) is 5.26 Å². The predicted molar refractivity (Wildman–Crippen MR) is 65.5 cm³/mol. The van der Waals surface area contributed by atoms with E-state index in [-0.39, 0.29) is 5.91 Å². The van der Waals surface area contributed by atoms with Gasteiger partial charge in [-0.3, -0.25) is 4.79 Å². The van der Waals surface area contributed by atoms with Crippen molar-refractivity contribution in [3.63, 3.8) is 0 Å². The van der Waals surface area contributed by atoms with Gasteiger partial charge in [-0.1, -0.05) is 0 Å². The van der Waals surface area contributed by atoms with Gasteiger partial charge in [-0.15, -0.1) is 0 Å². The average molecular weight is 246 g/mol. The van der Waals surface area contributed by atoms with Crippen LogP contribution in [0.5, 0.6) is 11.5 Å². The molecule has 5 nitrogen and oxygen atoms in total. The minimum Gasteiger partial charge on any atom is -0.490 e. The van der Waals surface area contributed by atoms with Gasteiger partial charge in [-0.05, 0) is 19.1 Å². The van der Waals surface area contributed by atoms with Crippen LogP contribution in [-0.2, 0) is 4.79 Å². The molecular weight excluding hydrogens is 232 g/mol. The molecule has 2 rings (SSSR count). The zero-order valence-electron chi connectivity index (χ0n) is 10.1. The summed E-state index contributed by atoms with van der Waals surface area (Å²) >= 11 is 0. The summed E-state index contributed by atoms with van der Waals surface area (Å²) in [5.74, 6) is 0.293. The number of carbonyl (C=O) groups excluding carboxylic acids is 1. The fourth-order valence-electron chi connectivity index (χ4n) is 1.55. The zero-order valence-corrected chi connectivity index (χ0v) is 10.1. The number of amides is 1. The third kappa shape index (κ3) is 2.72. The van der Waals surface area contributed by atoms with E-state index in [1.54, 1.807) is 25.1 Å². The first-order valence-electron chi connectivity index (χ1n) is 5.81. The van der Waals surface area contributed by atoms with Crippen LogP contribution < -0.4 is 14.8 Å². The summed E-state index contributed by atoms with van der Waals surface area (Å²) in [6, 6.07) is 7.09. The summed E-state index contributed by atoms with van der Waals surface area (Å²) < 4.78 is 11.0. The number of anilines is 1. The molecule has 1 atom stereocenters. The number of hydrogen-bond donors (Lipinski definition) is 1. The first-order valence-corrected chi connectivity index (χ1v) is 5.81. The smallest absolute Gasteiger partial charge is 0.241 e. The van der Waals surface area contributed by atoms with E-state index >= 15 is 0 Å². The van der Waals surface area contributed by atoms with Crippen molar-refractivity contribution in [3.05, 3.63) is 18.2 Å². The Hall–Kier alpha value is -2.22. The standard InChI is InChI=1S/C13H14N2O3/c1-9(8-14)13(16)15-10-3-4-11-12(7-10)18-6-2-5-17-11/h3-4,7,9H,2,5-6H2,1H3,(H,15,16). The third-order valence-corrected chi connectivity index (χ3v) is 2.60. The Morgan fingerprint density at radius 2 is 2.11 bits per heavy atom. The number of carbonyl (C=O) groups is 1. The molecule has 0 fully saturated rings. The Bertz CT molecular complexity index is 493. The number of nitriles is 1. The average Bonchev–Trinajstić information content (AvgIpc) is 2.62. The van der Waals surface area contributed by atoms with Crippen molar-refractivity contribution in [3.8, 4) is 17.6 Å². The first-order chi connectivity index (χ1) is 8.70. The molecule has 94 valence electrons. The minimum atomic E-state index is -0.680. The molecular formula is C13H14N2O3. The highest BCUT2D eigenvalue weighted by Crippen LogP contribution is 2.32. The van der Waals surface area contributed by atoms with Gasteiger partial charge in [0.1, 0.15) is 5.92 Å². The van der Waals surface area contributed by atoms with Gasteiger partial charge in [0.2, 0.25) is 5.91 Å². The molecule has 0 saturated carbocycles. The fraction of sp³-hybridized carbons (Fsp3) is 0.385. The molecule has 1 aliphatic rings. The maximum atomic E-state index is 11.6. The van der Waals surface area contributed by atoms with Gasteiger partial charge in [0.25, 0.3) is 0 Å². The van der Waals surface area contributed by atoms with Gasteiger partial charge in [-0.2, -0.15) is 5.26 Å².